The van der Waals surface area contributed by atoms with Crippen molar-refractivity contribution in [1.29, 1.82) is 0 Å². The van der Waals surface area contributed by atoms with Gasteiger partial charge in [0.25, 0.3) is 0 Å². The van der Waals surface area contributed by atoms with Gasteiger partial charge in [0.2, 0.25) is 0 Å². The van der Waals surface area contributed by atoms with Crippen molar-refractivity contribution >= 4 is 17.3 Å². The third-order valence-corrected chi connectivity index (χ3v) is 11.6. The number of carbonyl (C=O) groups excluding carboxylic acids is 2. The van der Waals surface area contributed by atoms with Crippen LogP contribution in [-0.2, 0) is 9.59 Å². The van der Waals surface area contributed by atoms with Gasteiger partial charge in [-0.2, -0.15) is 0 Å². The van der Waals surface area contributed by atoms with Crippen LogP contribution in [0.15, 0.2) is 71.4 Å². The zero-order valence-electron chi connectivity index (χ0n) is 29.4. The number of phenols is 2. The first-order chi connectivity index (χ1) is 20.7. The van der Waals surface area contributed by atoms with E-state index in [2.05, 4.69) is 66.9 Å². The van der Waals surface area contributed by atoms with Crippen LogP contribution in [0.3, 0.4) is 0 Å². The normalized spacial score (nSPS) is 26.9. The van der Waals surface area contributed by atoms with Crippen molar-refractivity contribution in [3.05, 3.63) is 76.9 Å². The molecule has 45 heavy (non-hydrogen) atoms. The number of allylic oxidation sites excluding steroid dienone is 7. The van der Waals surface area contributed by atoms with Gasteiger partial charge in [-0.3, -0.25) is 9.59 Å². The standard InChI is InChI=1S/C40H56O5/c1-24(2)13-15-29(27(7)8)22-39-23-30(17-14-25(3)4)37(9,10)40(38(39,11)12,20-19-26(5)6)36(45)33(35(39)44)34(43)28-16-18-31(41)32(42)21-28/h14,16,18-19,21,29-30,41-43H,1,7,13,15,17,20,22-23H2,2-6,8-12H3/t29-,30+,39+,40+/m1/s1. The summed E-state index contributed by atoms with van der Waals surface area (Å²) >= 11 is 0. The zero-order chi connectivity index (χ0) is 34.3. The fraction of sp³-hybridized carbons (Fsp3) is 0.550. The van der Waals surface area contributed by atoms with Gasteiger partial charge in [-0.25, -0.2) is 0 Å². The molecule has 5 heteroatoms. The molecule has 2 aliphatic rings. The van der Waals surface area contributed by atoms with Gasteiger partial charge >= 0.3 is 0 Å². The minimum absolute atomic E-state index is 0.00528. The van der Waals surface area contributed by atoms with Gasteiger partial charge in [-0.15, -0.1) is 6.58 Å². The molecule has 0 amide bonds. The maximum Gasteiger partial charge on any atom is 0.177 e. The first-order valence-corrected chi connectivity index (χ1v) is 16.3. The Hall–Kier alpha value is -3.34. The third-order valence-electron chi connectivity index (χ3n) is 11.6. The van der Waals surface area contributed by atoms with Crippen molar-refractivity contribution in [3.63, 3.8) is 0 Å². The van der Waals surface area contributed by atoms with E-state index in [4.69, 9.17) is 0 Å². The number of benzene rings is 1. The summed E-state index contributed by atoms with van der Waals surface area (Å²) in [6, 6.07) is 3.89. The Bertz CT molecular complexity index is 1470. The molecule has 246 valence electrons. The number of Topliss-reactive ketones (excluding diaryl/α,β-unsaturated/α-hetero) is 2. The molecule has 1 aromatic rings. The number of aliphatic hydroxyl groups is 1. The van der Waals surface area contributed by atoms with Crippen molar-refractivity contribution in [2.45, 2.75) is 108 Å². The molecule has 2 saturated carbocycles. The molecule has 2 bridgehead atoms. The molecular weight excluding hydrogens is 560 g/mol. The summed E-state index contributed by atoms with van der Waals surface area (Å²) in [7, 11) is 0. The Morgan fingerprint density at radius 2 is 1.53 bits per heavy atom. The lowest BCUT2D eigenvalue weighted by Gasteiger charge is -2.71. The summed E-state index contributed by atoms with van der Waals surface area (Å²) in [5.41, 5.74) is 0.864. The summed E-state index contributed by atoms with van der Waals surface area (Å²) < 4.78 is 0. The highest BCUT2D eigenvalue weighted by Gasteiger charge is 2.77. The van der Waals surface area contributed by atoms with E-state index < -0.39 is 33.2 Å². The molecule has 0 radical (unpaired) electrons. The molecule has 3 N–H and O–H groups in total. The summed E-state index contributed by atoms with van der Waals surface area (Å²) in [6.45, 7) is 29.3. The average Bonchev–Trinajstić information content (AvgIpc) is 2.91. The van der Waals surface area contributed by atoms with Crippen LogP contribution in [0.5, 0.6) is 11.5 Å². The van der Waals surface area contributed by atoms with E-state index in [1.54, 1.807) is 0 Å². The number of hydrogen-bond donors (Lipinski definition) is 3. The number of aliphatic hydroxyl groups excluding tert-OH is 1. The monoisotopic (exact) mass is 616 g/mol. The minimum atomic E-state index is -1.04. The SMILES string of the molecule is C=C(C)CC[C@H](C[C@]12C[C@H](CC=C(C)C)C(C)(C)[C@](CC=C(C)C)(C(=O)C(=C(O)c3ccc(O)c(O)c3)C1=O)C2(C)C)C(=C)C. The van der Waals surface area contributed by atoms with Gasteiger partial charge in [0.15, 0.2) is 23.1 Å². The molecular formula is C40H56O5. The van der Waals surface area contributed by atoms with Crippen LogP contribution in [0, 0.1) is 33.5 Å². The van der Waals surface area contributed by atoms with Crippen molar-refractivity contribution in [2.24, 2.45) is 33.5 Å². The predicted molar refractivity (Wildman–Crippen MR) is 185 cm³/mol. The number of fused-ring (bicyclic) bond motifs is 2. The maximum absolute atomic E-state index is 15.3. The van der Waals surface area contributed by atoms with Crippen LogP contribution in [-0.4, -0.2) is 26.9 Å². The fourth-order valence-electron chi connectivity index (χ4n) is 8.55. The van der Waals surface area contributed by atoms with E-state index in [1.807, 2.05) is 27.7 Å². The maximum atomic E-state index is 15.3. The lowest BCUT2D eigenvalue weighted by atomic mass is 9.30. The summed E-state index contributed by atoms with van der Waals surface area (Å²) in [6.07, 6.45) is 8.17. The van der Waals surface area contributed by atoms with Gasteiger partial charge < -0.3 is 15.3 Å². The van der Waals surface area contributed by atoms with Crippen LogP contribution >= 0.6 is 0 Å². The molecule has 0 unspecified atom stereocenters. The van der Waals surface area contributed by atoms with Gasteiger partial charge in [0.1, 0.15) is 11.3 Å². The highest BCUT2D eigenvalue weighted by molar-refractivity contribution is 6.30. The summed E-state index contributed by atoms with van der Waals surface area (Å²) in [5.74, 6) is -1.90. The molecule has 4 atom stereocenters. The molecule has 3 rings (SSSR count). The second-order valence-electron chi connectivity index (χ2n) is 15.6. The van der Waals surface area contributed by atoms with Crippen LogP contribution in [0.2, 0.25) is 0 Å². The van der Waals surface area contributed by atoms with E-state index in [0.29, 0.717) is 19.3 Å². The fourth-order valence-corrected chi connectivity index (χ4v) is 8.55. The first kappa shape index (κ1) is 36.1. The molecule has 0 heterocycles. The molecule has 1 aromatic carbocycles. The van der Waals surface area contributed by atoms with Gasteiger partial charge in [-0.1, -0.05) is 68.7 Å². The molecule has 2 aliphatic carbocycles. The Balaban J connectivity index is 2.51. The number of phenolic OH excluding ortho intramolecular Hbond substituents is 2. The number of ketones is 2. The first-order valence-electron chi connectivity index (χ1n) is 16.3. The van der Waals surface area contributed by atoms with Crippen LogP contribution in [0.25, 0.3) is 5.76 Å². The Morgan fingerprint density at radius 1 is 0.933 bits per heavy atom. The zero-order valence-corrected chi connectivity index (χ0v) is 29.4. The molecule has 5 nitrogen and oxygen atoms in total. The van der Waals surface area contributed by atoms with Crippen LogP contribution in [0.4, 0.5) is 0 Å². The molecule has 0 spiro atoms. The van der Waals surface area contributed by atoms with Crippen LogP contribution in [0.1, 0.15) is 113 Å². The highest BCUT2D eigenvalue weighted by Crippen LogP contribution is 2.76. The molecule has 0 aromatic heterocycles. The molecule has 0 saturated heterocycles. The van der Waals surface area contributed by atoms with E-state index in [1.165, 1.54) is 23.8 Å². The highest BCUT2D eigenvalue weighted by atomic mass is 16.3. The van der Waals surface area contributed by atoms with Crippen molar-refractivity contribution in [1.82, 2.24) is 0 Å². The lowest BCUT2D eigenvalue weighted by molar-refractivity contribution is -0.215. The van der Waals surface area contributed by atoms with Crippen molar-refractivity contribution in [3.8, 4) is 11.5 Å². The van der Waals surface area contributed by atoms with Gasteiger partial charge in [0.05, 0.1) is 0 Å². The molecule has 2 fully saturated rings. The minimum Gasteiger partial charge on any atom is -0.506 e. The Kier molecular flexibility index (Phi) is 10.3. The number of carbonyl (C=O) groups is 2. The number of hydrogen-bond acceptors (Lipinski definition) is 5. The van der Waals surface area contributed by atoms with Crippen molar-refractivity contribution < 1.29 is 24.9 Å². The largest absolute Gasteiger partial charge is 0.506 e. The third kappa shape index (κ3) is 6.00. The lowest BCUT2D eigenvalue weighted by Crippen LogP contribution is -2.73. The Labute approximate surface area is 271 Å². The molecule has 0 aliphatic heterocycles. The second kappa shape index (κ2) is 12.8. The van der Waals surface area contributed by atoms with Crippen LogP contribution < -0.4 is 0 Å². The van der Waals surface area contributed by atoms with E-state index >= 15 is 9.59 Å². The smallest absolute Gasteiger partial charge is 0.177 e. The van der Waals surface area contributed by atoms with Crippen molar-refractivity contribution in [2.75, 3.05) is 0 Å². The number of rotatable bonds is 11. The summed E-state index contributed by atoms with van der Waals surface area (Å²) in [4.78, 5) is 30.6. The quantitative estimate of drug-likeness (QED) is 0.0756. The van der Waals surface area contributed by atoms with Gasteiger partial charge in [0, 0.05) is 16.4 Å². The van der Waals surface area contributed by atoms with Gasteiger partial charge in [-0.05, 0) is 121 Å². The topological polar surface area (TPSA) is 94.8 Å². The number of aromatic hydroxyl groups is 2. The average molecular weight is 617 g/mol. The van der Waals surface area contributed by atoms with E-state index in [9.17, 15) is 15.3 Å². The summed E-state index contributed by atoms with van der Waals surface area (Å²) in [5, 5.41) is 32.1. The van der Waals surface area contributed by atoms with E-state index in [-0.39, 0.29) is 40.3 Å². The Morgan fingerprint density at radius 3 is 2.04 bits per heavy atom. The van der Waals surface area contributed by atoms with E-state index in [0.717, 1.165) is 36.0 Å². The predicted octanol–water partition coefficient (Wildman–Crippen LogP) is 10.2. The second-order valence-corrected chi connectivity index (χ2v) is 15.6.